The molecule has 2 unspecified atom stereocenters. The van der Waals surface area contributed by atoms with Gasteiger partial charge in [0, 0.05) is 44.9 Å². The summed E-state index contributed by atoms with van der Waals surface area (Å²) in [6.45, 7) is 12.9. The average molecular weight is 884 g/mol. The molecule has 13 heteroatoms. The molecule has 13 nitrogen and oxygen atoms in total. The number of esters is 1. The zero-order valence-corrected chi connectivity index (χ0v) is 39.3. The van der Waals surface area contributed by atoms with Gasteiger partial charge in [-0.25, -0.2) is 4.79 Å². The fourth-order valence-corrected chi connectivity index (χ4v) is 9.82. The predicted molar refractivity (Wildman–Crippen MR) is 239 cm³/mol. The quantitative estimate of drug-likeness (QED) is 0.154. The molecule has 0 spiro atoms. The minimum atomic E-state index is -2.36. The first-order valence-electron chi connectivity index (χ1n) is 23.4. The number of ketones is 3. The number of carbonyl (C=O) groups excluding carboxylic acids is 5. The van der Waals surface area contributed by atoms with Gasteiger partial charge in [0.05, 0.1) is 18.3 Å². The summed E-state index contributed by atoms with van der Waals surface area (Å²) < 4.78 is 23.5. The van der Waals surface area contributed by atoms with Gasteiger partial charge in [-0.1, -0.05) is 76.6 Å². The Labute approximate surface area is 375 Å². The van der Waals surface area contributed by atoms with Gasteiger partial charge in [0.1, 0.15) is 30.1 Å². The first-order valence-corrected chi connectivity index (χ1v) is 23.4. The van der Waals surface area contributed by atoms with E-state index in [1.807, 2.05) is 58.1 Å². The van der Waals surface area contributed by atoms with Gasteiger partial charge in [-0.05, 0) is 114 Å². The van der Waals surface area contributed by atoms with E-state index < -0.39 is 77.8 Å². The fourth-order valence-electron chi connectivity index (χ4n) is 9.82. The van der Waals surface area contributed by atoms with E-state index >= 15 is 0 Å². The first kappa shape index (κ1) is 52.3. The van der Waals surface area contributed by atoms with Crippen LogP contribution >= 0.6 is 0 Å². The Morgan fingerprint density at radius 2 is 1.62 bits per heavy atom. The summed E-state index contributed by atoms with van der Waals surface area (Å²) in [5, 5.41) is 33.7. The molecule has 14 atom stereocenters. The smallest absolute Gasteiger partial charge is 0.329 e. The second kappa shape index (κ2) is 24.3. The Morgan fingerprint density at radius 3 is 2.32 bits per heavy atom. The molecule has 1 aliphatic carbocycles. The number of allylic oxidation sites excluding steroid dienone is 7. The topological polar surface area (TPSA) is 186 Å². The molecule has 0 aromatic rings. The third-order valence-corrected chi connectivity index (χ3v) is 14.1. The first-order chi connectivity index (χ1) is 29.8. The van der Waals surface area contributed by atoms with E-state index in [0.717, 1.165) is 12.0 Å². The van der Waals surface area contributed by atoms with Gasteiger partial charge < -0.3 is 39.2 Å². The Morgan fingerprint density at radius 1 is 0.889 bits per heavy atom. The van der Waals surface area contributed by atoms with Gasteiger partial charge in [0.2, 0.25) is 5.79 Å². The van der Waals surface area contributed by atoms with Crippen LogP contribution in [0.25, 0.3) is 0 Å². The van der Waals surface area contributed by atoms with E-state index in [4.69, 9.17) is 18.9 Å². The molecule has 0 aromatic carbocycles. The highest BCUT2D eigenvalue weighted by Crippen LogP contribution is 2.37. The summed E-state index contributed by atoms with van der Waals surface area (Å²) in [5.74, 6) is -7.65. The summed E-state index contributed by atoms with van der Waals surface area (Å²) >= 11 is 0. The molecule has 4 rings (SSSR count). The van der Waals surface area contributed by atoms with Crippen LogP contribution in [0, 0.1) is 35.5 Å². The third kappa shape index (κ3) is 14.1. The zero-order chi connectivity index (χ0) is 46.6. The van der Waals surface area contributed by atoms with Crippen molar-refractivity contribution in [1.82, 2.24) is 4.90 Å². The van der Waals surface area contributed by atoms with E-state index in [9.17, 15) is 39.3 Å². The maximum absolute atomic E-state index is 14.3. The van der Waals surface area contributed by atoms with Crippen LogP contribution in [0.1, 0.15) is 132 Å². The molecule has 2 saturated heterocycles. The molecule has 0 aromatic heterocycles. The van der Waals surface area contributed by atoms with Gasteiger partial charge in [0.25, 0.3) is 11.7 Å². The molecule has 4 aliphatic rings. The summed E-state index contributed by atoms with van der Waals surface area (Å²) in [7, 11) is 2.95. The molecular formula is C50H77NO12. The number of cyclic esters (lactones) is 1. The Hall–Kier alpha value is -3.33. The number of hydrogen-bond acceptors (Lipinski definition) is 12. The minimum absolute atomic E-state index is 0.0501. The molecule has 354 valence electrons. The van der Waals surface area contributed by atoms with Crippen LogP contribution in [-0.2, 0) is 42.9 Å². The van der Waals surface area contributed by atoms with Crippen molar-refractivity contribution in [2.45, 2.75) is 180 Å². The third-order valence-electron chi connectivity index (χ3n) is 14.1. The summed E-state index contributed by atoms with van der Waals surface area (Å²) in [6, 6.07) is -1.11. The number of nitrogens with zero attached hydrogens (tertiary/aromatic N) is 1. The van der Waals surface area contributed by atoms with Crippen molar-refractivity contribution in [3.8, 4) is 0 Å². The highest BCUT2D eigenvalue weighted by atomic mass is 16.6. The normalized spacial score (nSPS) is 40.1. The number of aliphatic hydroxyl groups excluding tert-OH is 2. The lowest BCUT2D eigenvalue weighted by Crippen LogP contribution is -2.60. The van der Waals surface area contributed by atoms with E-state index in [1.54, 1.807) is 34.0 Å². The van der Waals surface area contributed by atoms with E-state index in [-0.39, 0.29) is 54.8 Å². The van der Waals surface area contributed by atoms with Crippen LogP contribution in [0.5, 0.6) is 0 Å². The minimum Gasteiger partial charge on any atom is -0.460 e. The van der Waals surface area contributed by atoms with E-state index in [2.05, 4.69) is 0 Å². The van der Waals surface area contributed by atoms with Crippen LogP contribution < -0.4 is 0 Å². The molecule has 2 bridgehead atoms. The number of aliphatic hydroxyl groups is 3. The summed E-state index contributed by atoms with van der Waals surface area (Å²) in [5.41, 5.74) is 1.46. The second-order valence-electron chi connectivity index (χ2n) is 19.3. The Balaban J connectivity index is 1.67. The van der Waals surface area contributed by atoms with Crippen LogP contribution in [0.3, 0.4) is 0 Å². The largest absolute Gasteiger partial charge is 0.460 e. The molecule has 1 amide bonds. The van der Waals surface area contributed by atoms with Crippen molar-refractivity contribution < 1.29 is 58.2 Å². The predicted octanol–water partition coefficient (Wildman–Crippen LogP) is 6.56. The zero-order valence-electron chi connectivity index (χ0n) is 39.3. The standard InChI is InChI=1S/C50H77NO12/c1-30-15-11-10-12-16-31(2)25-34(5)44(54)46(61-9)45(55)35(6)26-32(3)41(53)29-42(33(4)27-37-20-23-40(52)43(28-37)60-8)62-49(58)39-17-13-14-24-51(39)48(57)47(56)50(59)36(7)19-22-38(63-50)21-18-30/h10-12,15-16,26,31-34,36-40,42-43,45-46,52,55,59H,13-14,17-25,27-29H2,1-9H3/b11-10+,16-12+,30-15+,35-26+/t31-,32-,33-,34-,36-,37?,38-,39?,40-,42+,43-,45+,46+,50-/m1/s1. The maximum Gasteiger partial charge on any atom is 0.329 e. The number of methoxy groups -OCH3 is 2. The summed E-state index contributed by atoms with van der Waals surface area (Å²) in [4.78, 5) is 71.4. The van der Waals surface area contributed by atoms with Crippen molar-refractivity contribution in [3.05, 3.63) is 47.6 Å². The van der Waals surface area contributed by atoms with Gasteiger partial charge in [-0.15, -0.1) is 0 Å². The summed E-state index contributed by atoms with van der Waals surface area (Å²) in [6.07, 6.45) is 13.1. The molecule has 3 fully saturated rings. The number of rotatable bonds is 5. The molecule has 3 heterocycles. The van der Waals surface area contributed by atoms with Gasteiger partial charge >= 0.3 is 5.97 Å². The van der Waals surface area contributed by atoms with Crippen molar-refractivity contribution >= 4 is 29.2 Å². The van der Waals surface area contributed by atoms with Gasteiger partial charge in [0.15, 0.2) is 5.78 Å². The highest BCUT2D eigenvalue weighted by molar-refractivity contribution is 6.39. The molecule has 1 saturated carbocycles. The number of hydrogen-bond donors (Lipinski definition) is 3. The lowest BCUT2D eigenvalue weighted by molar-refractivity contribution is -0.263. The maximum atomic E-state index is 14.3. The monoisotopic (exact) mass is 884 g/mol. The highest BCUT2D eigenvalue weighted by Gasteiger charge is 2.53. The van der Waals surface area contributed by atoms with Crippen LogP contribution in [-0.4, -0.2) is 119 Å². The number of piperidine rings is 1. The lowest BCUT2D eigenvalue weighted by Gasteiger charge is -2.42. The Bertz CT molecular complexity index is 1700. The van der Waals surface area contributed by atoms with E-state index in [0.29, 0.717) is 69.8 Å². The average Bonchev–Trinajstić information content (AvgIpc) is 3.26. The van der Waals surface area contributed by atoms with Gasteiger partial charge in [-0.3, -0.25) is 19.2 Å². The Kier molecular flexibility index (Phi) is 20.1. The number of amides is 1. The number of carbonyl (C=O) groups is 5. The SMILES string of the molecule is CO[C@@H]1CC(C[C@@H](C)[C@@H]2CC(=O)[C@H](C)/C=C(\C)[C@H](O)[C@@H](OC)C(=O)[C@H](C)C[C@H](C)/C=C/C=C/C=C(\C)CC[C@@H]3CC[C@@H](C)[C@@](O)(O3)C(=O)C(=O)N3CCCCC3C(=O)O2)CC[C@H]1O. The van der Waals surface area contributed by atoms with Crippen LogP contribution in [0.4, 0.5) is 0 Å². The van der Waals surface area contributed by atoms with Crippen molar-refractivity contribution in [1.29, 1.82) is 0 Å². The number of ether oxygens (including phenoxy) is 4. The lowest BCUT2D eigenvalue weighted by atomic mass is 9.78. The molecular weight excluding hydrogens is 807 g/mol. The van der Waals surface area contributed by atoms with Crippen molar-refractivity contribution in [2.75, 3.05) is 20.8 Å². The molecule has 63 heavy (non-hydrogen) atoms. The van der Waals surface area contributed by atoms with Crippen molar-refractivity contribution in [2.24, 2.45) is 35.5 Å². The van der Waals surface area contributed by atoms with Gasteiger partial charge in [-0.2, -0.15) is 0 Å². The fraction of sp³-hybridized carbons (Fsp3) is 0.740. The molecule has 3 aliphatic heterocycles. The number of Topliss-reactive ketones (excluding diaryl/α,β-unsaturated/α-hetero) is 3. The van der Waals surface area contributed by atoms with Crippen molar-refractivity contribution in [3.63, 3.8) is 0 Å². The second-order valence-corrected chi connectivity index (χ2v) is 19.3. The van der Waals surface area contributed by atoms with E-state index in [1.165, 1.54) is 12.0 Å². The molecule has 0 radical (unpaired) electrons. The number of fused-ring (bicyclic) bond motifs is 3. The molecule has 3 N–H and O–H groups in total. The van der Waals surface area contributed by atoms with Crippen LogP contribution in [0.2, 0.25) is 0 Å². The van der Waals surface area contributed by atoms with Crippen LogP contribution in [0.15, 0.2) is 47.6 Å².